The lowest BCUT2D eigenvalue weighted by atomic mass is 9.91. The van der Waals surface area contributed by atoms with E-state index in [1.165, 1.54) is 43.0 Å². The highest BCUT2D eigenvalue weighted by atomic mass is 35.5. The van der Waals surface area contributed by atoms with Crippen molar-refractivity contribution in [2.24, 2.45) is 4.99 Å². The molecule has 1 fully saturated rings. The number of halogens is 4. The molecule has 2 aliphatic rings. The minimum Gasteiger partial charge on any atom is -0.384 e. The van der Waals surface area contributed by atoms with Gasteiger partial charge in [-0.3, -0.25) is 4.99 Å². The minimum atomic E-state index is -3.66. The molecule has 2 atom stereocenters. The Bertz CT molecular complexity index is 1490. The lowest BCUT2D eigenvalue weighted by Gasteiger charge is -2.32. The molecular formula is C23H22ClF3N6O3S2. The molecule has 202 valence electrons. The van der Waals surface area contributed by atoms with Gasteiger partial charge in [-0.2, -0.15) is 13.9 Å². The average molecular weight is 587 g/mol. The number of rotatable bonds is 9. The Kier molecular flexibility index (Phi) is 7.60. The van der Waals surface area contributed by atoms with Gasteiger partial charge < -0.3 is 9.64 Å². The first-order valence-corrected chi connectivity index (χ1v) is 14.3. The van der Waals surface area contributed by atoms with Crippen molar-refractivity contribution < 1.29 is 26.3 Å². The van der Waals surface area contributed by atoms with Crippen LogP contribution in [0.4, 0.5) is 13.2 Å². The summed E-state index contributed by atoms with van der Waals surface area (Å²) in [5.74, 6) is -0.274. The van der Waals surface area contributed by atoms with Gasteiger partial charge in [0.25, 0.3) is 0 Å². The van der Waals surface area contributed by atoms with Gasteiger partial charge in [-0.25, -0.2) is 27.2 Å². The maximum atomic E-state index is 13.9. The van der Waals surface area contributed by atoms with Crippen molar-refractivity contribution in [1.82, 2.24) is 24.4 Å². The number of hydrogen-bond acceptors (Lipinski definition) is 8. The van der Waals surface area contributed by atoms with Crippen molar-refractivity contribution in [3.8, 4) is 0 Å². The molecular weight excluding hydrogens is 565 g/mol. The van der Waals surface area contributed by atoms with Crippen molar-refractivity contribution in [3.05, 3.63) is 74.8 Å². The third-order valence-electron chi connectivity index (χ3n) is 6.16. The normalized spacial score (nSPS) is 19.8. The van der Waals surface area contributed by atoms with Crippen molar-refractivity contribution in [3.63, 3.8) is 0 Å². The van der Waals surface area contributed by atoms with Crippen LogP contribution in [0.3, 0.4) is 0 Å². The molecule has 1 N–H and O–H groups in total. The Morgan fingerprint density at radius 2 is 2.16 bits per heavy atom. The summed E-state index contributed by atoms with van der Waals surface area (Å²) in [6.45, 7) is -2.60. The SMILES string of the molecule is COCCS(=O)(=O)N[C@H]1CC2=C(c3cnn(C(F)F)c3)[C@H](c3ccc(F)cc3Cl)N=C(c3nccs3)N2C1. The van der Waals surface area contributed by atoms with Gasteiger partial charge >= 0.3 is 6.55 Å². The number of benzene rings is 1. The summed E-state index contributed by atoms with van der Waals surface area (Å²) < 4.78 is 74.2. The first-order valence-electron chi connectivity index (χ1n) is 11.4. The fourth-order valence-electron chi connectivity index (χ4n) is 4.57. The summed E-state index contributed by atoms with van der Waals surface area (Å²) in [4.78, 5) is 11.2. The number of nitrogens with zero attached hydrogens (tertiary/aromatic N) is 5. The Morgan fingerprint density at radius 3 is 2.82 bits per heavy atom. The molecule has 15 heteroatoms. The van der Waals surface area contributed by atoms with Crippen LogP contribution in [0.1, 0.15) is 35.1 Å². The average Bonchev–Trinajstić information content (AvgIpc) is 3.62. The molecule has 1 saturated heterocycles. The van der Waals surface area contributed by atoms with Crippen LogP contribution in [-0.2, 0) is 14.8 Å². The van der Waals surface area contributed by atoms with E-state index in [1.54, 1.807) is 11.6 Å². The molecule has 0 amide bonds. The van der Waals surface area contributed by atoms with Gasteiger partial charge in [0, 0.05) is 65.7 Å². The van der Waals surface area contributed by atoms with Crippen LogP contribution in [0.15, 0.2) is 52.9 Å². The monoisotopic (exact) mass is 586 g/mol. The second-order valence-electron chi connectivity index (χ2n) is 8.65. The quantitative estimate of drug-likeness (QED) is 0.405. The molecule has 0 saturated carbocycles. The number of amidine groups is 1. The first-order chi connectivity index (χ1) is 18.2. The summed E-state index contributed by atoms with van der Waals surface area (Å²) >= 11 is 7.79. The molecule has 4 heterocycles. The maximum absolute atomic E-state index is 13.9. The summed E-state index contributed by atoms with van der Waals surface area (Å²) in [7, 11) is -2.25. The molecule has 0 unspecified atom stereocenters. The van der Waals surface area contributed by atoms with Gasteiger partial charge in [0.1, 0.15) is 11.9 Å². The summed E-state index contributed by atoms with van der Waals surface area (Å²) in [5, 5.41) is 6.26. The molecule has 1 aromatic carbocycles. The largest absolute Gasteiger partial charge is 0.384 e. The van der Waals surface area contributed by atoms with Crippen LogP contribution in [-0.4, -0.2) is 66.0 Å². The van der Waals surface area contributed by atoms with Gasteiger partial charge in [0.05, 0.1) is 18.6 Å². The van der Waals surface area contributed by atoms with E-state index in [9.17, 15) is 21.6 Å². The highest BCUT2D eigenvalue weighted by molar-refractivity contribution is 7.89. The van der Waals surface area contributed by atoms with Gasteiger partial charge in [0.15, 0.2) is 10.8 Å². The smallest absolute Gasteiger partial charge is 0.333 e. The number of fused-ring (bicyclic) bond motifs is 1. The number of aromatic nitrogens is 3. The van der Waals surface area contributed by atoms with E-state index in [4.69, 9.17) is 21.3 Å². The zero-order valence-corrected chi connectivity index (χ0v) is 22.3. The Balaban J connectivity index is 1.66. The number of alkyl halides is 2. The molecule has 0 aliphatic carbocycles. The zero-order chi connectivity index (χ0) is 27.0. The molecule has 2 aromatic heterocycles. The van der Waals surface area contributed by atoms with E-state index in [-0.39, 0.29) is 30.3 Å². The van der Waals surface area contributed by atoms with Crippen LogP contribution in [0, 0.1) is 5.82 Å². The number of thiazole rings is 1. The minimum absolute atomic E-state index is 0.0312. The highest BCUT2D eigenvalue weighted by Gasteiger charge is 2.41. The van der Waals surface area contributed by atoms with Gasteiger partial charge in [0.2, 0.25) is 10.0 Å². The molecule has 3 aromatic rings. The van der Waals surface area contributed by atoms with Crippen LogP contribution in [0.2, 0.25) is 5.02 Å². The van der Waals surface area contributed by atoms with Crippen molar-refractivity contribution in [2.45, 2.75) is 25.1 Å². The standard InChI is InChI=1S/C23H22ClF3N6O3S2/c1-36-5-7-38(34,35)31-15-9-18-19(13-10-29-33(11-13)23(26)27)20(16-3-2-14(25)8-17(16)24)30-21(32(18)12-15)22-28-4-6-37-22/h2-4,6,8,10-11,15,20,23,31H,5,7,9,12H2,1H3/t15-,20-/m0/s1. The number of ether oxygens (including phenoxy) is 1. The van der Waals surface area contributed by atoms with Crippen molar-refractivity contribution >= 4 is 44.4 Å². The molecule has 9 nitrogen and oxygen atoms in total. The number of methoxy groups -OCH3 is 1. The van der Waals surface area contributed by atoms with Crippen molar-refractivity contribution in [1.29, 1.82) is 0 Å². The van der Waals surface area contributed by atoms with Crippen LogP contribution in [0.5, 0.6) is 0 Å². The fourth-order valence-corrected chi connectivity index (χ4v) is 6.65. The second-order valence-corrected chi connectivity index (χ2v) is 11.8. The third-order valence-corrected chi connectivity index (χ3v) is 8.65. The molecule has 0 bridgehead atoms. The van der Waals surface area contributed by atoms with Crippen LogP contribution in [0.25, 0.3) is 5.57 Å². The number of sulfonamides is 1. The Labute approximate surface area is 225 Å². The van der Waals surface area contributed by atoms with E-state index in [0.29, 0.717) is 37.9 Å². The maximum Gasteiger partial charge on any atom is 0.333 e. The summed E-state index contributed by atoms with van der Waals surface area (Å²) in [5.41, 5.74) is 1.99. The van der Waals surface area contributed by atoms with E-state index in [1.807, 2.05) is 4.90 Å². The van der Waals surface area contributed by atoms with E-state index >= 15 is 0 Å². The molecule has 38 heavy (non-hydrogen) atoms. The molecule has 5 rings (SSSR count). The predicted molar refractivity (Wildman–Crippen MR) is 137 cm³/mol. The number of aliphatic imine (C=N–C) groups is 1. The molecule has 0 radical (unpaired) electrons. The fraction of sp³-hybridized carbons (Fsp3) is 0.348. The third kappa shape index (κ3) is 5.36. The highest BCUT2D eigenvalue weighted by Crippen LogP contribution is 2.46. The molecule has 2 aliphatic heterocycles. The zero-order valence-electron chi connectivity index (χ0n) is 19.9. The lowest BCUT2D eigenvalue weighted by Crippen LogP contribution is -2.40. The lowest BCUT2D eigenvalue weighted by molar-refractivity contribution is 0.0566. The van der Waals surface area contributed by atoms with E-state index in [2.05, 4.69) is 14.8 Å². The van der Waals surface area contributed by atoms with E-state index in [0.717, 1.165) is 6.07 Å². The Morgan fingerprint density at radius 1 is 1.34 bits per heavy atom. The summed E-state index contributed by atoms with van der Waals surface area (Å²) in [6.07, 6.45) is 4.36. The number of hydrogen-bond donors (Lipinski definition) is 1. The molecule has 0 spiro atoms. The van der Waals surface area contributed by atoms with Crippen LogP contribution < -0.4 is 4.72 Å². The predicted octanol–water partition coefficient (Wildman–Crippen LogP) is 4.08. The van der Waals surface area contributed by atoms with Gasteiger partial charge in [-0.1, -0.05) is 17.7 Å². The van der Waals surface area contributed by atoms with Crippen LogP contribution >= 0.6 is 22.9 Å². The van der Waals surface area contributed by atoms with E-state index < -0.39 is 34.5 Å². The van der Waals surface area contributed by atoms with Crippen molar-refractivity contribution in [2.75, 3.05) is 26.0 Å². The van der Waals surface area contributed by atoms with Gasteiger partial charge in [-0.15, -0.1) is 11.3 Å². The summed E-state index contributed by atoms with van der Waals surface area (Å²) in [6, 6.07) is 2.55. The number of nitrogens with one attached hydrogen (secondary N) is 1. The second kappa shape index (κ2) is 10.8. The Hall–Kier alpha value is -2.78. The van der Waals surface area contributed by atoms with Gasteiger partial charge in [-0.05, 0) is 17.7 Å². The topological polar surface area (TPSA) is 102 Å². The first kappa shape index (κ1) is 26.8.